The number of aromatic amines is 1. The summed E-state index contributed by atoms with van der Waals surface area (Å²) in [6.07, 6.45) is 8.95. The first-order valence-electron chi connectivity index (χ1n) is 13.3. The summed E-state index contributed by atoms with van der Waals surface area (Å²) in [7, 11) is -2.40. The van der Waals surface area contributed by atoms with E-state index in [9.17, 15) is 9.00 Å². The zero-order chi connectivity index (χ0) is 27.1. The van der Waals surface area contributed by atoms with E-state index < -0.39 is 9.73 Å². The average molecular weight is 553 g/mol. The summed E-state index contributed by atoms with van der Waals surface area (Å²) in [5.74, 6) is 1.18. The number of aromatic nitrogens is 4. The highest BCUT2D eigenvalue weighted by Crippen LogP contribution is 2.53. The molecule has 1 amide bonds. The number of amides is 1. The fourth-order valence-electron chi connectivity index (χ4n) is 6.86. The van der Waals surface area contributed by atoms with Crippen LogP contribution in [0.15, 0.2) is 16.9 Å². The number of carbonyl (C=O) groups is 1. The minimum absolute atomic E-state index is 0.256. The van der Waals surface area contributed by atoms with Gasteiger partial charge in [0, 0.05) is 56.9 Å². The second kappa shape index (κ2) is 8.99. The van der Waals surface area contributed by atoms with Crippen LogP contribution in [0.2, 0.25) is 0 Å². The van der Waals surface area contributed by atoms with Gasteiger partial charge in [-0.3, -0.25) is 9.69 Å². The lowest BCUT2D eigenvalue weighted by atomic mass is 9.88. The molecule has 5 heterocycles. The smallest absolute Gasteiger partial charge is 0.267 e. The van der Waals surface area contributed by atoms with Crippen LogP contribution in [0.5, 0.6) is 0 Å². The molecule has 4 aromatic rings. The molecule has 38 heavy (non-hydrogen) atoms. The summed E-state index contributed by atoms with van der Waals surface area (Å²) in [5.41, 5.74) is 8.45. The van der Waals surface area contributed by atoms with Gasteiger partial charge >= 0.3 is 0 Å². The van der Waals surface area contributed by atoms with E-state index in [0.717, 1.165) is 30.6 Å². The van der Waals surface area contributed by atoms with E-state index in [-0.39, 0.29) is 12.5 Å². The molecule has 0 spiro atoms. The van der Waals surface area contributed by atoms with Crippen LogP contribution in [0, 0.1) is 26.7 Å². The lowest BCUT2D eigenvalue weighted by molar-refractivity contribution is -0.119. The molecule has 1 saturated carbocycles. The van der Waals surface area contributed by atoms with Crippen LogP contribution in [-0.4, -0.2) is 66.2 Å². The minimum atomic E-state index is -2.40. The first kappa shape index (κ1) is 25.7. The lowest BCUT2D eigenvalue weighted by Crippen LogP contribution is -2.38. The molecule has 4 aromatic heterocycles. The average Bonchev–Trinajstić information content (AvgIpc) is 3.62. The van der Waals surface area contributed by atoms with E-state index in [1.165, 1.54) is 55.6 Å². The normalized spacial score (nSPS) is 21.9. The van der Waals surface area contributed by atoms with E-state index in [2.05, 4.69) is 65.1 Å². The Morgan fingerprint density at radius 1 is 1.21 bits per heavy atom. The molecule has 10 heteroatoms. The maximum absolute atomic E-state index is 12.3. The SMILES string of the molecule is Cc1c(-c2[nH]c3sc([C@@H]4CC5C[C@H]4CN5CC(=O)N=S(C)(C)=O)c(C)c3c2C(C)C)cn2ncnc2c1C. The molecule has 0 aromatic carbocycles. The zero-order valence-corrected chi connectivity index (χ0v) is 24.8. The monoisotopic (exact) mass is 552 g/mol. The highest BCUT2D eigenvalue weighted by molar-refractivity contribution is 7.92. The molecule has 1 unspecified atom stereocenters. The molecule has 1 aliphatic heterocycles. The highest BCUT2D eigenvalue weighted by atomic mass is 32.2. The summed E-state index contributed by atoms with van der Waals surface area (Å²) >= 11 is 1.91. The molecule has 1 saturated heterocycles. The van der Waals surface area contributed by atoms with E-state index >= 15 is 0 Å². The highest BCUT2D eigenvalue weighted by Gasteiger charge is 2.46. The van der Waals surface area contributed by atoms with Gasteiger partial charge < -0.3 is 4.98 Å². The number of thiophene rings is 1. The van der Waals surface area contributed by atoms with Crippen LogP contribution in [0.1, 0.15) is 65.7 Å². The number of nitrogens with one attached hydrogen (secondary N) is 1. The van der Waals surface area contributed by atoms with Crippen molar-refractivity contribution in [3.63, 3.8) is 0 Å². The van der Waals surface area contributed by atoms with Crippen molar-refractivity contribution in [2.24, 2.45) is 10.3 Å². The number of fused-ring (bicyclic) bond motifs is 4. The van der Waals surface area contributed by atoms with Gasteiger partial charge in [-0.2, -0.15) is 9.46 Å². The summed E-state index contributed by atoms with van der Waals surface area (Å²) in [5, 5.41) is 5.79. The number of aryl methyl sites for hydroxylation is 2. The number of hydrogen-bond acceptors (Lipinski definition) is 6. The number of rotatable bonds is 5. The van der Waals surface area contributed by atoms with Gasteiger partial charge in [-0.05, 0) is 73.6 Å². The van der Waals surface area contributed by atoms with Crippen LogP contribution >= 0.6 is 11.3 Å². The van der Waals surface area contributed by atoms with Crippen molar-refractivity contribution in [1.82, 2.24) is 24.5 Å². The van der Waals surface area contributed by atoms with Crippen molar-refractivity contribution in [3.8, 4) is 11.3 Å². The number of pyridine rings is 1. The third-order valence-corrected chi connectivity index (χ3v) is 10.6. The minimum Gasteiger partial charge on any atom is -0.346 e. The number of hydrogen-bond donors (Lipinski definition) is 1. The molecule has 0 radical (unpaired) electrons. The predicted octanol–water partition coefficient (Wildman–Crippen LogP) is 5.42. The molecule has 1 N–H and O–H groups in total. The van der Waals surface area contributed by atoms with E-state index in [1.54, 1.807) is 6.33 Å². The standard InChI is InChI=1S/C28H36N6O2S2/c1-14(2)23-24-17(5)26(20-9-19-8-18(20)10-33(19)12-22(35)32-38(6,7)36)37-28(24)31-25(23)21-11-34-27(29-13-30-34)16(4)15(21)3/h11,13-14,18-20,31H,8-10,12H2,1-7H3/t18-,19?,20+/m0/s1. The molecule has 6 rings (SSSR count). The Morgan fingerprint density at radius 2 is 1.97 bits per heavy atom. The maximum Gasteiger partial charge on any atom is 0.267 e. The Kier molecular flexibility index (Phi) is 6.08. The molecule has 202 valence electrons. The number of H-pyrrole nitrogens is 1. The van der Waals surface area contributed by atoms with Crippen molar-refractivity contribution < 1.29 is 9.00 Å². The van der Waals surface area contributed by atoms with Crippen molar-refractivity contribution in [3.05, 3.63) is 39.7 Å². The van der Waals surface area contributed by atoms with Crippen molar-refractivity contribution in [1.29, 1.82) is 0 Å². The predicted molar refractivity (Wildman–Crippen MR) is 155 cm³/mol. The van der Waals surface area contributed by atoms with Gasteiger partial charge in [0.25, 0.3) is 5.91 Å². The topological polar surface area (TPSA) is 95.7 Å². The number of carbonyl (C=O) groups excluding carboxylic acids is 1. The van der Waals surface area contributed by atoms with Gasteiger partial charge in [0.1, 0.15) is 11.2 Å². The maximum atomic E-state index is 12.3. The fourth-order valence-corrected chi connectivity index (χ4v) is 8.84. The Morgan fingerprint density at radius 3 is 2.63 bits per heavy atom. The molecule has 2 aliphatic rings. The lowest BCUT2D eigenvalue weighted by Gasteiger charge is -2.30. The molecule has 1 aliphatic carbocycles. The quantitative estimate of drug-likeness (QED) is 0.357. The van der Waals surface area contributed by atoms with E-state index in [4.69, 9.17) is 0 Å². The fraction of sp³-hybridized carbons (Fsp3) is 0.536. The number of likely N-dealkylation sites (tertiary alicyclic amines) is 1. The number of nitrogens with zero attached hydrogens (tertiary/aromatic N) is 5. The summed E-state index contributed by atoms with van der Waals surface area (Å²) in [6, 6.07) is 0.397. The van der Waals surface area contributed by atoms with Crippen molar-refractivity contribution in [2.75, 3.05) is 25.6 Å². The molecule has 2 fully saturated rings. The first-order chi connectivity index (χ1) is 17.9. The summed E-state index contributed by atoms with van der Waals surface area (Å²) in [6.45, 7) is 12.3. The molecule has 8 nitrogen and oxygen atoms in total. The van der Waals surface area contributed by atoms with Crippen LogP contribution in [0.3, 0.4) is 0 Å². The van der Waals surface area contributed by atoms with Crippen LogP contribution < -0.4 is 0 Å². The zero-order valence-electron chi connectivity index (χ0n) is 23.2. The molecular weight excluding hydrogens is 516 g/mol. The van der Waals surface area contributed by atoms with Gasteiger partial charge in [-0.15, -0.1) is 11.3 Å². The van der Waals surface area contributed by atoms with Crippen LogP contribution in [-0.2, 0) is 14.5 Å². The second-order valence-corrected chi connectivity index (χ2v) is 15.4. The Labute approximate surface area is 228 Å². The van der Waals surface area contributed by atoms with Gasteiger partial charge in [-0.25, -0.2) is 13.7 Å². The Bertz CT molecular complexity index is 1710. The van der Waals surface area contributed by atoms with Crippen LogP contribution in [0.25, 0.3) is 27.1 Å². The second-order valence-electron chi connectivity index (χ2n) is 11.8. The van der Waals surface area contributed by atoms with Crippen molar-refractivity contribution >= 4 is 42.8 Å². The van der Waals surface area contributed by atoms with Gasteiger partial charge in [-0.1, -0.05) is 13.8 Å². The Hall–Kier alpha value is -2.56. The summed E-state index contributed by atoms with van der Waals surface area (Å²) in [4.78, 5) is 25.6. The molecule has 3 atom stereocenters. The van der Waals surface area contributed by atoms with E-state index in [0.29, 0.717) is 23.8 Å². The Balaban J connectivity index is 1.34. The molecular formula is C28H36N6O2S2. The largest absolute Gasteiger partial charge is 0.346 e. The van der Waals surface area contributed by atoms with Gasteiger partial charge in [0.15, 0.2) is 5.65 Å². The third kappa shape index (κ3) is 4.12. The van der Waals surface area contributed by atoms with Gasteiger partial charge in [0.2, 0.25) is 0 Å². The van der Waals surface area contributed by atoms with E-state index in [1.807, 2.05) is 15.9 Å². The van der Waals surface area contributed by atoms with Gasteiger partial charge in [0.05, 0.1) is 12.2 Å². The first-order valence-corrected chi connectivity index (χ1v) is 16.5. The van der Waals surface area contributed by atoms with Crippen LogP contribution in [0.4, 0.5) is 0 Å². The molecule has 2 bridgehead atoms. The third-order valence-electron chi connectivity index (χ3n) is 8.59. The number of piperidine rings is 1. The van der Waals surface area contributed by atoms with Crippen molar-refractivity contribution in [2.45, 2.75) is 65.3 Å². The summed E-state index contributed by atoms with van der Waals surface area (Å²) < 4.78 is 17.7.